The summed E-state index contributed by atoms with van der Waals surface area (Å²) in [6.07, 6.45) is 1.99. The van der Waals surface area contributed by atoms with E-state index in [1.54, 1.807) is 0 Å². The molecule has 9 heteroatoms. The molecule has 138 valence electrons. The fraction of sp³-hybridized carbons (Fsp3) is 0.600. The summed E-state index contributed by atoms with van der Waals surface area (Å²) < 4.78 is 49.2. The Hall–Kier alpha value is -0.670. The van der Waals surface area contributed by atoms with Crippen LogP contribution < -0.4 is 5.32 Å². The highest BCUT2D eigenvalue weighted by molar-refractivity contribution is 7.93. The maximum atomic E-state index is 12.6. The summed E-state index contributed by atoms with van der Waals surface area (Å²) in [5.74, 6) is -0.712. The minimum Gasteiger partial charge on any atom is -0.313 e. The number of nitrogens with one attached hydrogen (secondary N) is 1. The molecule has 24 heavy (non-hydrogen) atoms. The number of nitrogens with zero attached hydrogens (tertiary/aromatic N) is 1. The van der Waals surface area contributed by atoms with E-state index in [0.29, 0.717) is 19.6 Å². The van der Waals surface area contributed by atoms with Gasteiger partial charge in [0.05, 0.1) is 17.5 Å². The van der Waals surface area contributed by atoms with Gasteiger partial charge in [-0.05, 0) is 17.5 Å². The minimum atomic E-state index is -3.62. The number of rotatable bonds is 6. The molecule has 0 spiro atoms. The molecule has 1 N–H and O–H groups in total. The van der Waals surface area contributed by atoms with Gasteiger partial charge in [0.1, 0.15) is 9.84 Å². The van der Waals surface area contributed by atoms with Gasteiger partial charge in [-0.2, -0.15) is 4.31 Å². The van der Waals surface area contributed by atoms with Crippen LogP contribution in [0.15, 0.2) is 24.3 Å². The zero-order valence-corrected chi connectivity index (χ0v) is 16.4. The third-order valence-electron chi connectivity index (χ3n) is 4.04. The van der Waals surface area contributed by atoms with E-state index in [1.807, 2.05) is 24.3 Å². The van der Waals surface area contributed by atoms with Crippen molar-refractivity contribution in [2.45, 2.75) is 19.4 Å². The molecule has 2 rings (SSSR count). The lowest BCUT2D eigenvalue weighted by atomic mass is 10.0. The Balaban J connectivity index is 0.00000288. The van der Waals surface area contributed by atoms with Crippen LogP contribution >= 0.6 is 12.4 Å². The third-order valence-corrected chi connectivity index (χ3v) is 7.11. The molecule has 1 saturated heterocycles. The Morgan fingerprint density at radius 3 is 2.29 bits per heavy atom. The predicted molar refractivity (Wildman–Crippen MR) is 98.9 cm³/mol. The van der Waals surface area contributed by atoms with E-state index >= 15 is 0 Å². The van der Waals surface area contributed by atoms with Gasteiger partial charge in [0.25, 0.3) is 0 Å². The minimum absolute atomic E-state index is 0. The summed E-state index contributed by atoms with van der Waals surface area (Å²) in [6, 6.07) is 7.63. The quantitative estimate of drug-likeness (QED) is 0.775. The fourth-order valence-corrected chi connectivity index (χ4v) is 5.89. The van der Waals surface area contributed by atoms with E-state index in [2.05, 4.69) is 12.2 Å². The summed E-state index contributed by atoms with van der Waals surface area (Å²) >= 11 is 0. The monoisotopic (exact) mass is 396 g/mol. The highest BCUT2D eigenvalue weighted by Crippen LogP contribution is 2.26. The Morgan fingerprint density at radius 1 is 1.12 bits per heavy atom. The molecule has 0 amide bonds. The summed E-state index contributed by atoms with van der Waals surface area (Å²) in [5, 5.41) is 3.21. The lowest BCUT2D eigenvalue weighted by molar-refractivity contribution is 0.272. The van der Waals surface area contributed by atoms with Crippen molar-refractivity contribution < 1.29 is 16.8 Å². The first-order valence-corrected chi connectivity index (χ1v) is 11.4. The van der Waals surface area contributed by atoms with Crippen LogP contribution in [-0.4, -0.2) is 58.5 Å². The van der Waals surface area contributed by atoms with Crippen LogP contribution in [0, 0.1) is 0 Å². The van der Waals surface area contributed by atoms with E-state index in [0.717, 1.165) is 18.2 Å². The molecule has 1 heterocycles. The van der Waals surface area contributed by atoms with Gasteiger partial charge in [0.2, 0.25) is 10.0 Å². The van der Waals surface area contributed by atoms with Crippen molar-refractivity contribution in [3.05, 3.63) is 35.4 Å². The molecule has 1 aromatic carbocycles. The first-order chi connectivity index (χ1) is 10.7. The molecular weight excluding hydrogens is 372 g/mol. The number of sulfonamides is 1. The molecule has 6 nitrogen and oxygen atoms in total. The second kappa shape index (κ2) is 8.62. The van der Waals surface area contributed by atoms with Crippen LogP contribution in [0.5, 0.6) is 0 Å². The molecule has 0 radical (unpaired) electrons. The lowest BCUT2D eigenvalue weighted by Crippen LogP contribution is -2.49. The van der Waals surface area contributed by atoms with E-state index in [-0.39, 0.29) is 30.0 Å². The third kappa shape index (κ3) is 5.70. The number of aryl methyl sites for hydroxylation is 1. The molecular formula is C15H25ClN2O4S2. The van der Waals surface area contributed by atoms with E-state index < -0.39 is 19.9 Å². The smallest absolute Gasteiger partial charge is 0.215 e. The van der Waals surface area contributed by atoms with Crippen LogP contribution in [0.4, 0.5) is 0 Å². The van der Waals surface area contributed by atoms with Gasteiger partial charge in [-0.3, -0.25) is 0 Å². The van der Waals surface area contributed by atoms with Gasteiger partial charge in [-0.25, -0.2) is 16.8 Å². The van der Waals surface area contributed by atoms with E-state index in [4.69, 9.17) is 0 Å². The zero-order valence-electron chi connectivity index (χ0n) is 13.9. The van der Waals surface area contributed by atoms with Gasteiger partial charge in [-0.15, -0.1) is 12.4 Å². The molecule has 0 bridgehead atoms. The van der Waals surface area contributed by atoms with Crippen molar-refractivity contribution in [2.75, 3.05) is 37.4 Å². The van der Waals surface area contributed by atoms with Crippen molar-refractivity contribution in [1.82, 2.24) is 9.62 Å². The standard InChI is InChI=1S/C15H24N2O4S2.ClH/c1-3-13-4-6-14(7-5-13)15-12-16-8-9-17(15)23(20,21)11-10-22(2,18)19;/h4-7,15-16H,3,8-12H2,1-2H3;1H. The Bertz CT molecular complexity index is 733. The topological polar surface area (TPSA) is 83.6 Å². The summed E-state index contributed by atoms with van der Waals surface area (Å²) in [5.41, 5.74) is 2.13. The lowest BCUT2D eigenvalue weighted by Gasteiger charge is -2.35. The first-order valence-electron chi connectivity index (χ1n) is 7.70. The van der Waals surface area contributed by atoms with Crippen LogP contribution in [-0.2, 0) is 26.3 Å². The summed E-state index contributed by atoms with van der Waals surface area (Å²) in [4.78, 5) is 0. The SMILES string of the molecule is CCc1ccc(C2CNCCN2S(=O)(=O)CCS(C)(=O)=O)cc1.Cl. The average Bonchev–Trinajstić information content (AvgIpc) is 2.53. The number of halogens is 1. The van der Waals surface area contributed by atoms with Gasteiger partial charge in [-0.1, -0.05) is 31.2 Å². The zero-order chi connectivity index (χ0) is 17.1. The Labute approximate surface area is 151 Å². The van der Waals surface area contributed by atoms with E-state index in [1.165, 1.54) is 9.87 Å². The molecule has 0 aromatic heterocycles. The summed E-state index contributed by atoms with van der Waals surface area (Å²) in [7, 11) is -6.92. The Morgan fingerprint density at radius 2 is 1.75 bits per heavy atom. The molecule has 0 aliphatic carbocycles. The molecule has 1 atom stereocenters. The van der Waals surface area contributed by atoms with Crippen molar-refractivity contribution in [3.8, 4) is 0 Å². The number of hydrogen-bond acceptors (Lipinski definition) is 5. The highest BCUT2D eigenvalue weighted by Gasteiger charge is 2.33. The van der Waals surface area contributed by atoms with Gasteiger partial charge in [0.15, 0.2) is 0 Å². The van der Waals surface area contributed by atoms with Crippen LogP contribution in [0.1, 0.15) is 24.1 Å². The number of benzene rings is 1. The van der Waals surface area contributed by atoms with Crippen molar-refractivity contribution >= 4 is 32.3 Å². The van der Waals surface area contributed by atoms with E-state index in [9.17, 15) is 16.8 Å². The van der Waals surface area contributed by atoms with Crippen molar-refractivity contribution in [3.63, 3.8) is 0 Å². The van der Waals surface area contributed by atoms with Crippen molar-refractivity contribution in [1.29, 1.82) is 0 Å². The molecule has 1 aliphatic heterocycles. The molecule has 0 saturated carbocycles. The molecule has 1 fully saturated rings. The largest absolute Gasteiger partial charge is 0.313 e. The van der Waals surface area contributed by atoms with Crippen LogP contribution in [0.25, 0.3) is 0 Å². The summed E-state index contributed by atoms with van der Waals surface area (Å²) in [6.45, 7) is 3.52. The Kier molecular flexibility index (Phi) is 7.68. The van der Waals surface area contributed by atoms with Gasteiger partial charge in [0, 0.05) is 25.9 Å². The highest BCUT2D eigenvalue weighted by atomic mass is 35.5. The normalized spacial score (nSPS) is 19.7. The molecule has 1 aliphatic rings. The molecule has 1 unspecified atom stereocenters. The van der Waals surface area contributed by atoms with Crippen molar-refractivity contribution in [2.24, 2.45) is 0 Å². The number of sulfone groups is 1. The van der Waals surface area contributed by atoms with Crippen LogP contribution in [0.3, 0.4) is 0 Å². The average molecular weight is 397 g/mol. The number of piperazine rings is 1. The first kappa shape index (κ1) is 21.4. The fourth-order valence-electron chi connectivity index (χ4n) is 2.65. The maximum Gasteiger partial charge on any atom is 0.215 e. The second-order valence-corrected chi connectivity index (χ2v) is 10.2. The maximum absolute atomic E-state index is 12.6. The number of hydrogen-bond donors (Lipinski definition) is 1. The molecule has 1 aromatic rings. The van der Waals surface area contributed by atoms with Crippen LogP contribution in [0.2, 0.25) is 0 Å². The van der Waals surface area contributed by atoms with Gasteiger partial charge >= 0.3 is 0 Å². The predicted octanol–water partition coefficient (Wildman–Crippen LogP) is 0.992. The van der Waals surface area contributed by atoms with Gasteiger partial charge < -0.3 is 5.32 Å². The second-order valence-electron chi connectivity index (χ2n) is 5.87.